The van der Waals surface area contributed by atoms with Crippen molar-refractivity contribution >= 4 is 44.6 Å². The molecule has 11 heteroatoms. The van der Waals surface area contributed by atoms with Crippen molar-refractivity contribution in [2.24, 2.45) is 4.99 Å². The second-order valence-electron chi connectivity index (χ2n) is 8.37. The lowest BCUT2D eigenvalue weighted by atomic mass is 10.0. The van der Waals surface area contributed by atoms with E-state index < -0.39 is 10.0 Å². The molecule has 5 rings (SSSR count). The van der Waals surface area contributed by atoms with Crippen LogP contribution in [0.2, 0.25) is 5.02 Å². The van der Waals surface area contributed by atoms with Crippen molar-refractivity contribution in [3.8, 4) is 16.9 Å². The van der Waals surface area contributed by atoms with Gasteiger partial charge in [0.05, 0.1) is 16.3 Å². The van der Waals surface area contributed by atoms with Crippen LogP contribution in [-0.4, -0.2) is 50.0 Å². The molecule has 1 saturated heterocycles. The van der Waals surface area contributed by atoms with E-state index in [0.29, 0.717) is 42.8 Å². The lowest BCUT2D eigenvalue weighted by Gasteiger charge is -2.27. The number of nitrogens with zero attached hydrogens (tertiary/aromatic N) is 2. The number of fused-ring (bicyclic) bond motifs is 1. The second-order valence-corrected chi connectivity index (χ2v) is 10.7. The predicted molar refractivity (Wildman–Crippen MR) is 139 cm³/mol. The molecule has 0 aliphatic carbocycles. The summed E-state index contributed by atoms with van der Waals surface area (Å²) in [5, 5.41) is 16.7. The maximum absolute atomic E-state index is 13.0. The summed E-state index contributed by atoms with van der Waals surface area (Å²) in [5.74, 6) is 0.567. The van der Waals surface area contributed by atoms with E-state index in [1.54, 1.807) is 42.5 Å². The van der Waals surface area contributed by atoms with Gasteiger partial charge < -0.3 is 15.7 Å². The fourth-order valence-electron chi connectivity index (χ4n) is 4.14. The van der Waals surface area contributed by atoms with Crippen molar-refractivity contribution in [1.82, 2.24) is 15.0 Å². The summed E-state index contributed by atoms with van der Waals surface area (Å²) in [6.07, 6.45) is 0. The van der Waals surface area contributed by atoms with Crippen LogP contribution in [0.3, 0.4) is 0 Å². The number of guanidine groups is 1. The summed E-state index contributed by atoms with van der Waals surface area (Å²) < 4.78 is 27.5. The van der Waals surface area contributed by atoms with Crippen LogP contribution in [0, 0.1) is 6.92 Å². The molecule has 0 atom stereocenters. The number of phenols is 1. The fourth-order valence-corrected chi connectivity index (χ4v) is 5.86. The molecule has 2 heterocycles. The maximum Gasteiger partial charge on any atom is 0.243 e. The Hall–Kier alpha value is -3.31. The van der Waals surface area contributed by atoms with Crippen LogP contribution in [0.4, 0.5) is 17.1 Å². The van der Waals surface area contributed by atoms with Gasteiger partial charge in [-0.3, -0.25) is 10.9 Å². The summed E-state index contributed by atoms with van der Waals surface area (Å²) in [6, 6.07) is 15.4. The fraction of sp³-hybridized carbons (Fsp3) is 0.208. The molecule has 9 nitrogen and oxygen atoms in total. The first-order valence-electron chi connectivity index (χ1n) is 11.1. The van der Waals surface area contributed by atoms with Crippen molar-refractivity contribution in [1.29, 1.82) is 0 Å². The number of aryl methyl sites for hydroxylation is 1. The third-order valence-electron chi connectivity index (χ3n) is 5.91. The van der Waals surface area contributed by atoms with Gasteiger partial charge in [-0.2, -0.15) is 4.31 Å². The molecule has 2 aliphatic heterocycles. The van der Waals surface area contributed by atoms with Gasteiger partial charge in [-0.05, 0) is 66.6 Å². The first-order chi connectivity index (χ1) is 16.8. The Balaban J connectivity index is 1.40. The second kappa shape index (κ2) is 9.38. The number of halogens is 1. The van der Waals surface area contributed by atoms with E-state index in [0.717, 1.165) is 28.1 Å². The van der Waals surface area contributed by atoms with E-state index in [4.69, 9.17) is 11.6 Å². The molecular weight excluding hydrogens is 488 g/mol. The summed E-state index contributed by atoms with van der Waals surface area (Å²) in [4.78, 5) is 4.91. The van der Waals surface area contributed by atoms with E-state index in [1.165, 1.54) is 4.31 Å². The SMILES string of the molecule is Cc1cc(-c2cc(O)ccc2Cl)cc2c1N=C(Nc1cccc(S(=O)(=O)N3CCNCC3)c1)NN2. The molecule has 3 aromatic rings. The van der Waals surface area contributed by atoms with Crippen LogP contribution >= 0.6 is 11.6 Å². The van der Waals surface area contributed by atoms with Crippen molar-refractivity contribution in [3.63, 3.8) is 0 Å². The smallest absolute Gasteiger partial charge is 0.243 e. The summed E-state index contributed by atoms with van der Waals surface area (Å²) in [5.41, 5.74) is 10.7. The molecule has 35 heavy (non-hydrogen) atoms. The highest BCUT2D eigenvalue weighted by Crippen LogP contribution is 2.39. The Labute approximate surface area is 208 Å². The molecule has 3 aromatic carbocycles. The van der Waals surface area contributed by atoms with E-state index >= 15 is 0 Å². The minimum atomic E-state index is -3.57. The van der Waals surface area contributed by atoms with Crippen LogP contribution in [0.5, 0.6) is 5.75 Å². The first kappa shape index (κ1) is 23.4. The number of phenolic OH excluding ortho intramolecular Hbond substituents is 1. The molecular formula is C24H25ClN6O3S. The molecule has 182 valence electrons. The van der Waals surface area contributed by atoms with Gasteiger partial charge in [0.25, 0.3) is 0 Å². The zero-order chi connectivity index (χ0) is 24.6. The van der Waals surface area contributed by atoms with Gasteiger partial charge in [0, 0.05) is 42.5 Å². The van der Waals surface area contributed by atoms with Crippen LogP contribution in [-0.2, 0) is 10.0 Å². The third kappa shape index (κ3) is 4.78. The van der Waals surface area contributed by atoms with Crippen molar-refractivity contribution < 1.29 is 13.5 Å². The molecule has 1 fully saturated rings. The van der Waals surface area contributed by atoms with Crippen molar-refractivity contribution in [2.75, 3.05) is 36.9 Å². The number of benzene rings is 3. The van der Waals surface area contributed by atoms with Gasteiger partial charge in [0.15, 0.2) is 0 Å². The minimum absolute atomic E-state index is 0.136. The molecule has 0 amide bonds. The van der Waals surface area contributed by atoms with Gasteiger partial charge in [0.2, 0.25) is 16.0 Å². The normalized spacial score (nSPS) is 16.0. The number of anilines is 2. The number of rotatable bonds is 4. The Morgan fingerprint density at radius 2 is 1.86 bits per heavy atom. The molecule has 0 bridgehead atoms. The number of nitrogens with one attached hydrogen (secondary N) is 4. The molecule has 0 unspecified atom stereocenters. The zero-order valence-electron chi connectivity index (χ0n) is 19.0. The van der Waals surface area contributed by atoms with Gasteiger partial charge in [-0.25, -0.2) is 13.4 Å². The first-order valence-corrected chi connectivity index (χ1v) is 13.0. The highest BCUT2D eigenvalue weighted by Gasteiger charge is 2.26. The van der Waals surface area contributed by atoms with Crippen LogP contribution in [0.25, 0.3) is 11.1 Å². The van der Waals surface area contributed by atoms with Crippen molar-refractivity contribution in [3.05, 3.63) is 65.2 Å². The number of hydrogen-bond donors (Lipinski definition) is 5. The zero-order valence-corrected chi connectivity index (χ0v) is 20.5. The average molecular weight is 513 g/mol. The lowest BCUT2D eigenvalue weighted by molar-refractivity contribution is 0.360. The van der Waals surface area contributed by atoms with Gasteiger partial charge in [-0.15, -0.1) is 0 Å². The summed E-state index contributed by atoms with van der Waals surface area (Å²) in [7, 11) is -3.57. The van der Waals surface area contributed by atoms with Crippen LogP contribution < -0.4 is 21.5 Å². The standard InChI is InChI=1S/C24H25ClN6O3S/c1-15-11-16(20-14-18(32)5-6-21(20)25)12-22-23(15)28-24(30-29-22)27-17-3-2-4-19(13-17)35(33,34)31-9-7-26-8-10-31/h2-6,11-14,26,29,32H,7-10H2,1H3,(H2,27,28,30). The largest absolute Gasteiger partial charge is 0.508 e. The monoisotopic (exact) mass is 512 g/mol. The van der Waals surface area contributed by atoms with Crippen molar-refractivity contribution in [2.45, 2.75) is 11.8 Å². The summed E-state index contributed by atoms with van der Waals surface area (Å²) in [6.45, 7) is 4.12. The lowest BCUT2D eigenvalue weighted by Crippen LogP contribution is -2.46. The van der Waals surface area contributed by atoms with Gasteiger partial charge in [0.1, 0.15) is 5.75 Å². The Bertz CT molecular complexity index is 1420. The number of hydrogen-bond acceptors (Lipinski definition) is 8. The van der Waals surface area contributed by atoms with Gasteiger partial charge >= 0.3 is 0 Å². The highest BCUT2D eigenvalue weighted by molar-refractivity contribution is 7.89. The number of hydrazine groups is 1. The average Bonchev–Trinajstić information content (AvgIpc) is 2.86. The molecule has 0 radical (unpaired) electrons. The molecule has 5 N–H and O–H groups in total. The third-order valence-corrected chi connectivity index (χ3v) is 8.14. The number of piperazine rings is 1. The maximum atomic E-state index is 13.0. The predicted octanol–water partition coefficient (Wildman–Crippen LogP) is 3.64. The topological polar surface area (TPSA) is 118 Å². The van der Waals surface area contributed by atoms with Gasteiger partial charge in [-0.1, -0.05) is 17.7 Å². The minimum Gasteiger partial charge on any atom is -0.508 e. The quantitative estimate of drug-likeness (QED) is 0.362. The van der Waals surface area contributed by atoms with E-state index in [2.05, 4.69) is 26.5 Å². The summed E-state index contributed by atoms with van der Waals surface area (Å²) >= 11 is 6.34. The molecule has 0 spiro atoms. The molecule has 0 saturated carbocycles. The Morgan fingerprint density at radius 1 is 1.06 bits per heavy atom. The molecule has 2 aliphatic rings. The Kier molecular flexibility index (Phi) is 6.28. The van der Waals surface area contributed by atoms with E-state index in [1.807, 2.05) is 19.1 Å². The highest BCUT2D eigenvalue weighted by atomic mass is 35.5. The number of sulfonamides is 1. The Morgan fingerprint density at radius 3 is 2.66 bits per heavy atom. The molecule has 0 aromatic heterocycles. The van der Waals surface area contributed by atoms with E-state index in [9.17, 15) is 13.5 Å². The number of aromatic hydroxyl groups is 1. The number of aliphatic imine (C=N–C) groups is 1. The van der Waals surface area contributed by atoms with Crippen LogP contribution in [0.1, 0.15) is 5.56 Å². The van der Waals surface area contributed by atoms with Crippen LogP contribution in [0.15, 0.2) is 64.5 Å². The van der Waals surface area contributed by atoms with E-state index in [-0.39, 0.29) is 10.6 Å².